The van der Waals surface area contributed by atoms with Crippen molar-refractivity contribution in [2.45, 2.75) is 12.7 Å². The number of anilines is 1. The van der Waals surface area contributed by atoms with Crippen molar-refractivity contribution in [3.8, 4) is 11.3 Å². The maximum absolute atomic E-state index is 13.7. The Labute approximate surface area is 166 Å². The first-order valence-corrected chi connectivity index (χ1v) is 10.4. The predicted octanol–water partition coefficient (Wildman–Crippen LogP) is 4.53. The summed E-state index contributed by atoms with van der Waals surface area (Å²) in [6.45, 7) is 1.99. The molecule has 0 aliphatic rings. The van der Waals surface area contributed by atoms with Crippen LogP contribution in [0.5, 0.6) is 0 Å². The van der Waals surface area contributed by atoms with Crippen LogP contribution in [0, 0.1) is 18.6 Å². The molecule has 2 heterocycles. The second-order valence-electron chi connectivity index (χ2n) is 6.77. The maximum atomic E-state index is 13.7. The number of aryl methyl sites for hydroxylation is 1. The van der Waals surface area contributed by atoms with Crippen molar-refractivity contribution in [3.05, 3.63) is 89.8 Å². The minimum absolute atomic E-state index is 0.228. The highest BCUT2D eigenvalue weighted by atomic mass is 32.2. The van der Waals surface area contributed by atoms with Crippen LogP contribution >= 0.6 is 0 Å². The van der Waals surface area contributed by atoms with Gasteiger partial charge in [0, 0.05) is 29.2 Å². The van der Waals surface area contributed by atoms with Gasteiger partial charge in [-0.25, -0.2) is 22.2 Å². The van der Waals surface area contributed by atoms with Gasteiger partial charge in [-0.1, -0.05) is 12.1 Å². The molecule has 0 bridgehead atoms. The standard InChI is InChI=1S/C21H17F2N3O2S/c1-14-8-9-26-12-20(24-21(26)10-14)15-2-5-18(6-3-15)25-29(27,28)13-16-11-17(22)4-7-19(16)23/h2-12,25H,13H2,1H3. The van der Waals surface area contributed by atoms with Crippen molar-refractivity contribution < 1.29 is 17.2 Å². The number of hydrogen-bond donors (Lipinski definition) is 1. The van der Waals surface area contributed by atoms with E-state index in [2.05, 4.69) is 9.71 Å². The molecule has 0 saturated carbocycles. The molecule has 2 aromatic heterocycles. The lowest BCUT2D eigenvalue weighted by Gasteiger charge is -2.09. The predicted molar refractivity (Wildman–Crippen MR) is 108 cm³/mol. The van der Waals surface area contributed by atoms with Crippen LogP contribution in [0.2, 0.25) is 0 Å². The summed E-state index contributed by atoms with van der Waals surface area (Å²) in [6.07, 6.45) is 3.82. The number of fused-ring (bicyclic) bond motifs is 1. The average Bonchev–Trinajstić information content (AvgIpc) is 3.08. The third kappa shape index (κ3) is 4.27. The van der Waals surface area contributed by atoms with Crippen molar-refractivity contribution in [2.75, 3.05) is 4.72 Å². The van der Waals surface area contributed by atoms with E-state index in [-0.39, 0.29) is 5.56 Å². The molecular weight excluding hydrogens is 396 g/mol. The van der Waals surface area contributed by atoms with Gasteiger partial charge in [0.1, 0.15) is 17.3 Å². The Balaban J connectivity index is 1.53. The van der Waals surface area contributed by atoms with E-state index in [1.807, 2.05) is 35.9 Å². The summed E-state index contributed by atoms with van der Waals surface area (Å²) < 4.78 is 55.9. The summed E-state index contributed by atoms with van der Waals surface area (Å²) in [5, 5.41) is 0. The molecule has 5 nitrogen and oxygen atoms in total. The number of rotatable bonds is 5. The molecule has 4 aromatic rings. The molecule has 4 rings (SSSR count). The number of imidazole rings is 1. The molecule has 0 radical (unpaired) electrons. The van der Waals surface area contributed by atoms with E-state index in [1.165, 1.54) is 0 Å². The Morgan fingerprint density at radius 1 is 1.03 bits per heavy atom. The van der Waals surface area contributed by atoms with Crippen molar-refractivity contribution in [1.82, 2.24) is 9.38 Å². The Hall–Kier alpha value is -3.26. The summed E-state index contributed by atoms with van der Waals surface area (Å²) in [4.78, 5) is 4.57. The molecule has 0 unspecified atom stereocenters. The van der Waals surface area contributed by atoms with E-state index in [0.717, 1.165) is 40.7 Å². The summed E-state index contributed by atoms with van der Waals surface area (Å²) >= 11 is 0. The van der Waals surface area contributed by atoms with Crippen LogP contribution < -0.4 is 4.72 Å². The van der Waals surface area contributed by atoms with Gasteiger partial charge in [-0.3, -0.25) is 4.72 Å². The van der Waals surface area contributed by atoms with Crippen molar-refractivity contribution >= 4 is 21.4 Å². The Kier molecular flexibility index (Phi) is 4.79. The molecule has 29 heavy (non-hydrogen) atoms. The molecule has 8 heteroatoms. The Morgan fingerprint density at radius 2 is 1.79 bits per heavy atom. The Morgan fingerprint density at radius 3 is 2.55 bits per heavy atom. The largest absolute Gasteiger partial charge is 0.306 e. The number of hydrogen-bond acceptors (Lipinski definition) is 3. The average molecular weight is 413 g/mol. The van der Waals surface area contributed by atoms with Crippen molar-refractivity contribution in [1.29, 1.82) is 0 Å². The lowest BCUT2D eigenvalue weighted by Crippen LogP contribution is -2.16. The van der Waals surface area contributed by atoms with Gasteiger partial charge in [0.05, 0.1) is 11.4 Å². The zero-order valence-corrected chi connectivity index (χ0v) is 16.2. The monoisotopic (exact) mass is 413 g/mol. The van der Waals surface area contributed by atoms with Crippen LogP contribution in [0.3, 0.4) is 0 Å². The normalized spacial score (nSPS) is 11.7. The van der Waals surface area contributed by atoms with E-state index in [0.29, 0.717) is 5.69 Å². The quantitative estimate of drug-likeness (QED) is 0.523. The number of sulfonamides is 1. The number of nitrogens with one attached hydrogen (secondary N) is 1. The number of aromatic nitrogens is 2. The lowest BCUT2D eigenvalue weighted by atomic mass is 10.1. The van der Waals surface area contributed by atoms with Crippen LogP contribution in [0.15, 0.2) is 67.0 Å². The van der Waals surface area contributed by atoms with Gasteiger partial charge in [-0.05, 0) is 55.0 Å². The zero-order chi connectivity index (χ0) is 20.6. The molecule has 1 N–H and O–H groups in total. The zero-order valence-electron chi connectivity index (χ0n) is 15.4. The number of nitrogens with zero attached hydrogens (tertiary/aromatic N) is 2. The number of benzene rings is 2. The fourth-order valence-electron chi connectivity index (χ4n) is 3.01. The SMILES string of the molecule is Cc1ccn2cc(-c3ccc(NS(=O)(=O)Cc4cc(F)ccc4F)cc3)nc2c1. The molecule has 0 aliphatic carbocycles. The van der Waals surface area contributed by atoms with Gasteiger partial charge in [0.25, 0.3) is 0 Å². The molecule has 0 atom stereocenters. The third-order valence-corrected chi connectivity index (χ3v) is 5.66. The highest BCUT2D eigenvalue weighted by Gasteiger charge is 2.16. The van der Waals surface area contributed by atoms with Crippen molar-refractivity contribution in [3.63, 3.8) is 0 Å². The van der Waals surface area contributed by atoms with E-state index in [9.17, 15) is 17.2 Å². The fourth-order valence-corrected chi connectivity index (χ4v) is 4.20. The van der Waals surface area contributed by atoms with Crippen LogP contribution in [-0.2, 0) is 15.8 Å². The second-order valence-corrected chi connectivity index (χ2v) is 8.49. The molecule has 0 amide bonds. The fraction of sp³-hybridized carbons (Fsp3) is 0.0952. The summed E-state index contributed by atoms with van der Waals surface area (Å²) in [6, 6.07) is 13.4. The molecule has 0 spiro atoms. The maximum Gasteiger partial charge on any atom is 0.237 e. The molecule has 0 fully saturated rings. The molecule has 148 valence electrons. The summed E-state index contributed by atoms with van der Waals surface area (Å²) in [7, 11) is -3.91. The van der Waals surface area contributed by atoms with Gasteiger partial charge < -0.3 is 4.40 Å². The molecular formula is C21H17F2N3O2S. The third-order valence-electron chi connectivity index (χ3n) is 4.42. The number of halogens is 2. The number of pyridine rings is 1. The first-order chi connectivity index (χ1) is 13.8. The van der Waals surface area contributed by atoms with E-state index < -0.39 is 27.4 Å². The van der Waals surface area contributed by atoms with Gasteiger partial charge in [0.15, 0.2) is 0 Å². The molecule has 0 aliphatic heterocycles. The minimum atomic E-state index is -3.91. The Bertz CT molecular complexity index is 1300. The van der Waals surface area contributed by atoms with Gasteiger partial charge in [-0.15, -0.1) is 0 Å². The minimum Gasteiger partial charge on any atom is -0.306 e. The molecule has 0 saturated heterocycles. The summed E-state index contributed by atoms with van der Waals surface area (Å²) in [5.74, 6) is -2.12. The smallest absolute Gasteiger partial charge is 0.237 e. The van der Waals surface area contributed by atoms with Crippen LogP contribution in [0.1, 0.15) is 11.1 Å². The first kappa shape index (κ1) is 19.1. The van der Waals surface area contributed by atoms with Gasteiger partial charge in [0.2, 0.25) is 10.0 Å². The second kappa shape index (κ2) is 7.29. The van der Waals surface area contributed by atoms with E-state index >= 15 is 0 Å². The van der Waals surface area contributed by atoms with Crippen LogP contribution in [0.25, 0.3) is 16.9 Å². The van der Waals surface area contributed by atoms with E-state index in [1.54, 1.807) is 24.3 Å². The topological polar surface area (TPSA) is 63.5 Å². The van der Waals surface area contributed by atoms with Gasteiger partial charge >= 0.3 is 0 Å². The van der Waals surface area contributed by atoms with E-state index in [4.69, 9.17) is 0 Å². The van der Waals surface area contributed by atoms with Crippen LogP contribution in [-0.4, -0.2) is 17.8 Å². The first-order valence-electron chi connectivity index (χ1n) is 8.79. The lowest BCUT2D eigenvalue weighted by molar-refractivity contribution is 0.581. The summed E-state index contributed by atoms with van der Waals surface area (Å²) in [5.41, 5.74) is 3.60. The van der Waals surface area contributed by atoms with Crippen LogP contribution in [0.4, 0.5) is 14.5 Å². The highest BCUT2D eigenvalue weighted by molar-refractivity contribution is 7.91. The van der Waals surface area contributed by atoms with Crippen molar-refractivity contribution in [2.24, 2.45) is 0 Å². The molecule has 2 aromatic carbocycles. The highest BCUT2D eigenvalue weighted by Crippen LogP contribution is 2.23. The van der Waals surface area contributed by atoms with Gasteiger partial charge in [-0.2, -0.15) is 0 Å².